The predicted octanol–water partition coefficient (Wildman–Crippen LogP) is 3.10. The van der Waals surface area contributed by atoms with Gasteiger partial charge in [0.15, 0.2) is 5.78 Å². The molecule has 0 aromatic heterocycles. The molecule has 1 N–H and O–H groups in total. The van der Waals surface area contributed by atoms with Crippen LogP contribution in [0.5, 0.6) is 0 Å². The number of hydrogen-bond acceptors (Lipinski definition) is 2. The van der Waals surface area contributed by atoms with Crippen LogP contribution in [0.3, 0.4) is 0 Å². The Labute approximate surface area is 102 Å². The van der Waals surface area contributed by atoms with Crippen LogP contribution >= 0.6 is 0 Å². The lowest BCUT2D eigenvalue weighted by Crippen LogP contribution is -2.37. The van der Waals surface area contributed by atoms with Gasteiger partial charge in [-0.2, -0.15) is 0 Å². The third-order valence-electron chi connectivity index (χ3n) is 2.51. The zero-order valence-electron chi connectivity index (χ0n) is 10.9. The summed E-state index contributed by atoms with van der Waals surface area (Å²) >= 11 is 0. The van der Waals surface area contributed by atoms with E-state index < -0.39 is 0 Å². The summed E-state index contributed by atoms with van der Waals surface area (Å²) in [6.45, 7) is 8.57. The first-order valence-electron chi connectivity index (χ1n) is 5.84. The molecule has 3 heteroatoms. The van der Waals surface area contributed by atoms with E-state index in [0.29, 0.717) is 18.5 Å². The van der Waals surface area contributed by atoms with Crippen LogP contribution in [0.15, 0.2) is 18.2 Å². The molecule has 0 fully saturated rings. The third-order valence-corrected chi connectivity index (χ3v) is 2.51. The van der Waals surface area contributed by atoms with Crippen molar-refractivity contribution in [2.75, 3.05) is 6.54 Å². The molecule has 1 aromatic carbocycles. The predicted molar refractivity (Wildman–Crippen MR) is 67.8 cm³/mol. The summed E-state index contributed by atoms with van der Waals surface area (Å²) in [4.78, 5) is 11.9. The van der Waals surface area contributed by atoms with Crippen LogP contribution in [0.2, 0.25) is 0 Å². The fourth-order valence-electron chi connectivity index (χ4n) is 1.58. The standard InChI is InChI=1S/C14H20FNO/c1-10-5-6-11(15)9-12(10)13(17)7-8-16-14(2,3)4/h5-6,9,16H,7-8H2,1-4H3. The fourth-order valence-corrected chi connectivity index (χ4v) is 1.58. The molecular formula is C14H20FNO. The number of halogens is 1. The van der Waals surface area contributed by atoms with Gasteiger partial charge in [0.25, 0.3) is 0 Å². The van der Waals surface area contributed by atoms with Gasteiger partial charge >= 0.3 is 0 Å². The molecule has 0 aliphatic carbocycles. The van der Waals surface area contributed by atoms with Crippen molar-refractivity contribution in [1.82, 2.24) is 5.32 Å². The smallest absolute Gasteiger partial charge is 0.164 e. The van der Waals surface area contributed by atoms with E-state index in [1.54, 1.807) is 6.07 Å². The van der Waals surface area contributed by atoms with Gasteiger partial charge < -0.3 is 5.32 Å². The number of rotatable bonds is 4. The monoisotopic (exact) mass is 237 g/mol. The lowest BCUT2D eigenvalue weighted by atomic mass is 10.0. The number of hydrogen-bond donors (Lipinski definition) is 1. The molecule has 0 radical (unpaired) electrons. The maximum Gasteiger partial charge on any atom is 0.164 e. The number of carbonyl (C=O) groups is 1. The van der Waals surface area contributed by atoms with Crippen molar-refractivity contribution in [2.24, 2.45) is 0 Å². The minimum absolute atomic E-state index is 0.00272. The average molecular weight is 237 g/mol. The van der Waals surface area contributed by atoms with Gasteiger partial charge in [0.05, 0.1) is 0 Å². The van der Waals surface area contributed by atoms with Gasteiger partial charge in [-0.05, 0) is 45.4 Å². The largest absolute Gasteiger partial charge is 0.312 e. The van der Waals surface area contributed by atoms with E-state index in [-0.39, 0.29) is 17.1 Å². The second-order valence-electron chi connectivity index (χ2n) is 5.31. The summed E-state index contributed by atoms with van der Waals surface area (Å²) < 4.78 is 13.1. The Balaban J connectivity index is 2.61. The molecule has 0 aliphatic heterocycles. The van der Waals surface area contributed by atoms with E-state index in [1.807, 2.05) is 27.7 Å². The highest BCUT2D eigenvalue weighted by Gasteiger charge is 2.12. The van der Waals surface area contributed by atoms with Gasteiger partial charge in [0, 0.05) is 24.1 Å². The Morgan fingerprint density at radius 2 is 2.00 bits per heavy atom. The molecule has 94 valence electrons. The van der Waals surface area contributed by atoms with Gasteiger partial charge in [0.2, 0.25) is 0 Å². The highest BCUT2D eigenvalue weighted by atomic mass is 19.1. The molecule has 0 unspecified atom stereocenters. The molecule has 17 heavy (non-hydrogen) atoms. The molecule has 0 amide bonds. The van der Waals surface area contributed by atoms with E-state index in [0.717, 1.165) is 5.56 Å². The summed E-state index contributed by atoms with van der Waals surface area (Å²) in [5.41, 5.74) is 1.31. The maximum absolute atomic E-state index is 13.1. The van der Waals surface area contributed by atoms with Crippen LogP contribution in [0.25, 0.3) is 0 Å². The van der Waals surface area contributed by atoms with Gasteiger partial charge in [0.1, 0.15) is 5.82 Å². The molecule has 2 nitrogen and oxygen atoms in total. The van der Waals surface area contributed by atoms with Crippen LogP contribution in [0.4, 0.5) is 4.39 Å². The van der Waals surface area contributed by atoms with Crippen molar-refractivity contribution in [1.29, 1.82) is 0 Å². The summed E-state index contributed by atoms with van der Waals surface area (Å²) in [7, 11) is 0. The maximum atomic E-state index is 13.1. The zero-order chi connectivity index (χ0) is 13.1. The number of benzene rings is 1. The summed E-state index contributed by atoms with van der Waals surface area (Å²) in [6, 6.07) is 4.33. The van der Waals surface area contributed by atoms with E-state index in [9.17, 15) is 9.18 Å². The quantitative estimate of drug-likeness (QED) is 0.815. The van der Waals surface area contributed by atoms with Gasteiger partial charge in [-0.1, -0.05) is 6.07 Å². The molecule has 1 aromatic rings. The molecular weight excluding hydrogens is 217 g/mol. The van der Waals surface area contributed by atoms with Crippen LogP contribution in [0, 0.1) is 12.7 Å². The minimum Gasteiger partial charge on any atom is -0.312 e. The first-order chi connectivity index (χ1) is 7.79. The van der Waals surface area contributed by atoms with Gasteiger partial charge in [-0.3, -0.25) is 4.79 Å². The van der Waals surface area contributed by atoms with Crippen LogP contribution in [-0.2, 0) is 0 Å². The number of aryl methyl sites for hydroxylation is 1. The van der Waals surface area contributed by atoms with E-state index in [1.165, 1.54) is 12.1 Å². The molecule has 0 saturated heterocycles. The summed E-state index contributed by atoms with van der Waals surface area (Å²) in [5.74, 6) is -0.374. The van der Waals surface area contributed by atoms with Crippen LogP contribution < -0.4 is 5.32 Å². The molecule has 0 bridgehead atoms. The number of nitrogens with one attached hydrogen (secondary N) is 1. The van der Waals surface area contributed by atoms with E-state index in [2.05, 4.69) is 5.32 Å². The normalized spacial score (nSPS) is 11.6. The van der Waals surface area contributed by atoms with Crippen molar-refractivity contribution in [3.8, 4) is 0 Å². The average Bonchev–Trinajstić information content (AvgIpc) is 2.19. The first kappa shape index (κ1) is 13.8. The van der Waals surface area contributed by atoms with Crippen molar-refractivity contribution in [2.45, 2.75) is 39.7 Å². The molecule has 1 rings (SSSR count). The van der Waals surface area contributed by atoms with E-state index in [4.69, 9.17) is 0 Å². The molecule has 0 saturated carbocycles. The van der Waals surface area contributed by atoms with Crippen LogP contribution in [0.1, 0.15) is 43.1 Å². The fraction of sp³-hybridized carbons (Fsp3) is 0.500. The lowest BCUT2D eigenvalue weighted by Gasteiger charge is -2.20. The Morgan fingerprint density at radius 3 is 2.59 bits per heavy atom. The number of ketones is 1. The van der Waals surface area contributed by atoms with Gasteiger partial charge in [-0.25, -0.2) is 4.39 Å². The van der Waals surface area contributed by atoms with Gasteiger partial charge in [-0.15, -0.1) is 0 Å². The summed E-state index contributed by atoms with van der Waals surface area (Å²) in [5, 5.41) is 3.24. The third kappa shape index (κ3) is 4.65. The van der Waals surface area contributed by atoms with Crippen molar-refractivity contribution < 1.29 is 9.18 Å². The Morgan fingerprint density at radius 1 is 1.35 bits per heavy atom. The first-order valence-corrected chi connectivity index (χ1v) is 5.84. The van der Waals surface area contributed by atoms with Crippen LogP contribution in [-0.4, -0.2) is 17.9 Å². The zero-order valence-corrected chi connectivity index (χ0v) is 10.9. The molecule has 0 aliphatic rings. The minimum atomic E-state index is -0.359. The van der Waals surface area contributed by atoms with Crippen molar-refractivity contribution >= 4 is 5.78 Å². The van der Waals surface area contributed by atoms with E-state index >= 15 is 0 Å². The number of Topliss-reactive ketones (excluding diaryl/α,β-unsaturated/α-hetero) is 1. The lowest BCUT2D eigenvalue weighted by molar-refractivity contribution is 0.0979. The molecule has 0 atom stereocenters. The second-order valence-corrected chi connectivity index (χ2v) is 5.31. The Bertz CT molecular complexity index is 407. The summed E-state index contributed by atoms with van der Waals surface area (Å²) in [6.07, 6.45) is 0.390. The second kappa shape index (κ2) is 5.41. The van der Waals surface area contributed by atoms with Crippen molar-refractivity contribution in [3.63, 3.8) is 0 Å². The van der Waals surface area contributed by atoms with Crippen molar-refractivity contribution in [3.05, 3.63) is 35.1 Å². The Kier molecular flexibility index (Phi) is 4.40. The topological polar surface area (TPSA) is 29.1 Å². The molecule has 0 heterocycles. The SMILES string of the molecule is Cc1ccc(F)cc1C(=O)CCNC(C)(C)C. The number of carbonyl (C=O) groups excluding carboxylic acids is 1. The highest BCUT2D eigenvalue weighted by Crippen LogP contribution is 2.12. The molecule has 0 spiro atoms. The Hall–Kier alpha value is -1.22. The highest BCUT2D eigenvalue weighted by molar-refractivity contribution is 5.97.